The van der Waals surface area contributed by atoms with E-state index in [2.05, 4.69) is 0 Å². The Hall–Kier alpha value is -0.980. The van der Waals surface area contributed by atoms with Gasteiger partial charge in [0.1, 0.15) is 10.7 Å². The van der Waals surface area contributed by atoms with Gasteiger partial charge in [0.25, 0.3) is 0 Å². The lowest BCUT2D eigenvalue weighted by Gasteiger charge is -2.29. The average Bonchev–Trinajstić information content (AvgIpc) is 2.28. The third-order valence-corrected chi connectivity index (χ3v) is 5.02. The van der Waals surface area contributed by atoms with E-state index in [1.54, 1.807) is 13.0 Å². The van der Waals surface area contributed by atoms with Crippen LogP contribution < -0.4 is 5.73 Å². The SMILES string of the molecule is Cc1ccc(S(=O)(=O)N2CCCC(N)C2)c(F)c1. The zero-order valence-electron chi connectivity index (χ0n) is 10.3. The lowest BCUT2D eigenvalue weighted by atomic mass is 10.1. The summed E-state index contributed by atoms with van der Waals surface area (Å²) >= 11 is 0. The minimum Gasteiger partial charge on any atom is -0.327 e. The van der Waals surface area contributed by atoms with Crippen LogP contribution in [0, 0.1) is 12.7 Å². The second kappa shape index (κ2) is 4.95. The number of hydrogen-bond donors (Lipinski definition) is 1. The van der Waals surface area contributed by atoms with Gasteiger partial charge < -0.3 is 5.73 Å². The number of piperidine rings is 1. The predicted molar refractivity (Wildman–Crippen MR) is 67.1 cm³/mol. The van der Waals surface area contributed by atoms with Crippen LogP contribution >= 0.6 is 0 Å². The number of nitrogens with two attached hydrogens (primary N) is 1. The Bertz CT molecular complexity index is 545. The number of halogens is 1. The van der Waals surface area contributed by atoms with Crippen molar-refractivity contribution < 1.29 is 12.8 Å². The molecule has 0 aromatic heterocycles. The molecule has 0 aliphatic carbocycles. The van der Waals surface area contributed by atoms with E-state index in [1.165, 1.54) is 16.4 Å². The molecule has 1 saturated heterocycles. The van der Waals surface area contributed by atoms with Gasteiger partial charge in [0.2, 0.25) is 10.0 Å². The van der Waals surface area contributed by atoms with Crippen molar-refractivity contribution >= 4 is 10.0 Å². The fraction of sp³-hybridized carbons (Fsp3) is 0.500. The van der Waals surface area contributed by atoms with E-state index in [0.717, 1.165) is 6.42 Å². The maximum absolute atomic E-state index is 13.8. The molecule has 0 radical (unpaired) electrons. The number of sulfonamides is 1. The van der Waals surface area contributed by atoms with Gasteiger partial charge in [-0.3, -0.25) is 0 Å². The summed E-state index contributed by atoms with van der Waals surface area (Å²) in [5.74, 6) is -0.700. The first-order chi connectivity index (χ1) is 8.41. The third kappa shape index (κ3) is 2.55. The van der Waals surface area contributed by atoms with E-state index in [9.17, 15) is 12.8 Å². The van der Waals surface area contributed by atoms with Crippen LogP contribution in [0.15, 0.2) is 23.1 Å². The molecule has 0 saturated carbocycles. The lowest BCUT2D eigenvalue weighted by Crippen LogP contribution is -2.45. The summed E-state index contributed by atoms with van der Waals surface area (Å²) in [5, 5.41) is 0. The summed E-state index contributed by atoms with van der Waals surface area (Å²) in [6.07, 6.45) is 1.52. The molecule has 0 spiro atoms. The Morgan fingerprint density at radius 2 is 2.17 bits per heavy atom. The second-order valence-electron chi connectivity index (χ2n) is 4.70. The van der Waals surface area contributed by atoms with Gasteiger partial charge in [-0.05, 0) is 37.5 Å². The van der Waals surface area contributed by atoms with Gasteiger partial charge in [0.15, 0.2) is 0 Å². The van der Waals surface area contributed by atoms with Crippen molar-refractivity contribution in [1.29, 1.82) is 0 Å². The highest BCUT2D eigenvalue weighted by Gasteiger charge is 2.30. The molecule has 0 amide bonds. The number of aryl methyl sites for hydroxylation is 1. The van der Waals surface area contributed by atoms with Crippen LogP contribution in [0.25, 0.3) is 0 Å². The number of benzene rings is 1. The molecule has 4 nitrogen and oxygen atoms in total. The van der Waals surface area contributed by atoms with Gasteiger partial charge in [-0.1, -0.05) is 6.07 Å². The summed E-state index contributed by atoms with van der Waals surface area (Å²) < 4.78 is 39.6. The first kappa shape index (κ1) is 13.5. The highest BCUT2D eigenvalue weighted by atomic mass is 32.2. The van der Waals surface area contributed by atoms with Crippen molar-refractivity contribution in [3.8, 4) is 0 Å². The molecule has 100 valence electrons. The van der Waals surface area contributed by atoms with Crippen LogP contribution in [0.1, 0.15) is 18.4 Å². The minimum absolute atomic E-state index is 0.165. The van der Waals surface area contributed by atoms with Crippen molar-refractivity contribution in [3.05, 3.63) is 29.6 Å². The molecule has 2 rings (SSSR count). The summed E-state index contributed by atoms with van der Waals surface area (Å²) in [4.78, 5) is -0.262. The lowest BCUT2D eigenvalue weighted by molar-refractivity contribution is 0.315. The molecular formula is C12H17FN2O2S. The first-order valence-electron chi connectivity index (χ1n) is 5.93. The van der Waals surface area contributed by atoms with E-state index in [1.807, 2.05) is 0 Å². The normalized spacial score (nSPS) is 22.1. The maximum Gasteiger partial charge on any atom is 0.246 e. The Kier molecular flexibility index (Phi) is 3.70. The Labute approximate surface area is 107 Å². The molecule has 1 unspecified atom stereocenters. The number of hydrogen-bond acceptors (Lipinski definition) is 3. The third-order valence-electron chi connectivity index (χ3n) is 3.13. The molecule has 0 bridgehead atoms. The molecule has 6 heteroatoms. The van der Waals surface area contributed by atoms with Crippen LogP contribution in [0.5, 0.6) is 0 Å². The number of nitrogens with zero attached hydrogens (tertiary/aromatic N) is 1. The quantitative estimate of drug-likeness (QED) is 0.881. The molecule has 18 heavy (non-hydrogen) atoms. The fourth-order valence-electron chi connectivity index (χ4n) is 2.15. The maximum atomic E-state index is 13.8. The van der Waals surface area contributed by atoms with Crippen LogP contribution in [0.2, 0.25) is 0 Å². The van der Waals surface area contributed by atoms with Gasteiger partial charge in [0.05, 0.1) is 0 Å². The Morgan fingerprint density at radius 3 is 2.78 bits per heavy atom. The van der Waals surface area contributed by atoms with Crippen molar-refractivity contribution in [2.45, 2.75) is 30.7 Å². The van der Waals surface area contributed by atoms with E-state index in [4.69, 9.17) is 5.73 Å². The largest absolute Gasteiger partial charge is 0.327 e. The molecule has 1 aliphatic heterocycles. The molecule has 1 aliphatic rings. The van der Waals surface area contributed by atoms with Crippen LogP contribution in [0.4, 0.5) is 4.39 Å². The smallest absolute Gasteiger partial charge is 0.246 e. The molecule has 1 atom stereocenters. The van der Waals surface area contributed by atoms with Gasteiger partial charge in [-0.25, -0.2) is 12.8 Å². The standard InChI is InChI=1S/C12H17FN2O2S/c1-9-4-5-12(11(13)7-9)18(16,17)15-6-2-3-10(14)8-15/h4-5,7,10H,2-3,6,8,14H2,1H3. The van der Waals surface area contributed by atoms with Crippen molar-refractivity contribution in [3.63, 3.8) is 0 Å². The van der Waals surface area contributed by atoms with Crippen molar-refractivity contribution in [2.75, 3.05) is 13.1 Å². The zero-order chi connectivity index (χ0) is 13.3. The van der Waals surface area contributed by atoms with Crippen LogP contribution in [-0.2, 0) is 10.0 Å². The van der Waals surface area contributed by atoms with E-state index in [0.29, 0.717) is 18.5 Å². The summed E-state index contributed by atoms with van der Waals surface area (Å²) in [7, 11) is -3.76. The van der Waals surface area contributed by atoms with Gasteiger partial charge >= 0.3 is 0 Å². The molecule has 2 N–H and O–H groups in total. The fourth-order valence-corrected chi connectivity index (χ4v) is 3.73. The average molecular weight is 272 g/mol. The van der Waals surface area contributed by atoms with Gasteiger partial charge in [-0.15, -0.1) is 0 Å². The highest BCUT2D eigenvalue weighted by Crippen LogP contribution is 2.23. The van der Waals surface area contributed by atoms with Crippen LogP contribution in [-0.4, -0.2) is 31.9 Å². The van der Waals surface area contributed by atoms with E-state index >= 15 is 0 Å². The van der Waals surface area contributed by atoms with Crippen LogP contribution in [0.3, 0.4) is 0 Å². The first-order valence-corrected chi connectivity index (χ1v) is 7.37. The highest BCUT2D eigenvalue weighted by molar-refractivity contribution is 7.89. The predicted octanol–water partition coefficient (Wildman–Crippen LogP) is 1.25. The van der Waals surface area contributed by atoms with Crippen molar-refractivity contribution in [2.24, 2.45) is 5.73 Å². The second-order valence-corrected chi connectivity index (χ2v) is 6.61. The summed E-state index contributed by atoms with van der Waals surface area (Å²) in [6, 6.07) is 3.98. The Balaban J connectivity index is 2.35. The van der Waals surface area contributed by atoms with Crippen molar-refractivity contribution in [1.82, 2.24) is 4.31 Å². The summed E-state index contributed by atoms with van der Waals surface area (Å²) in [5.41, 5.74) is 6.46. The van der Waals surface area contributed by atoms with E-state index < -0.39 is 15.8 Å². The molecule has 1 heterocycles. The van der Waals surface area contributed by atoms with E-state index in [-0.39, 0.29) is 17.5 Å². The topological polar surface area (TPSA) is 63.4 Å². The monoisotopic (exact) mass is 272 g/mol. The molecule has 1 aromatic carbocycles. The van der Waals surface area contributed by atoms with Gasteiger partial charge in [0, 0.05) is 19.1 Å². The zero-order valence-corrected chi connectivity index (χ0v) is 11.1. The summed E-state index contributed by atoms with van der Waals surface area (Å²) in [6.45, 7) is 2.38. The molecule has 1 fully saturated rings. The van der Waals surface area contributed by atoms with Gasteiger partial charge in [-0.2, -0.15) is 4.31 Å². The number of rotatable bonds is 2. The molecule has 1 aromatic rings. The Morgan fingerprint density at radius 1 is 1.44 bits per heavy atom. The molecular weight excluding hydrogens is 255 g/mol. The minimum atomic E-state index is -3.76.